The Morgan fingerprint density at radius 3 is 2.57 bits per heavy atom. The van der Waals surface area contributed by atoms with Crippen LogP contribution in [0.3, 0.4) is 0 Å². The molecule has 1 aromatic carbocycles. The number of piperazine rings is 1. The van der Waals surface area contributed by atoms with Gasteiger partial charge in [0.1, 0.15) is 0 Å². The number of carbonyl (C=O) groups is 1. The molecular formula is C19H31N3O+2. The number of benzene rings is 1. The Hall–Kier alpha value is -1.65. The first-order chi connectivity index (χ1) is 11.1. The molecule has 0 saturated carbocycles. The maximum absolute atomic E-state index is 12.4. The van der Waals surface area contributed by atoms with Crippen molar-refractivity contribution < 1.29 is 15.4 Å². The van der Waals surface area contributed by atoms with Crippen LogP contribution in [-0.2, 0) is 4.79 Å². The van der Waals surface area contributed by atoms with E-state index in [1.54, 1.807) is 4.90 Å². The average molecular weight is 317 g/mol. The van der Waals surface area contributed by atoms with Crippen molar-refractivity contribution in [2.45, 2.75) is 26.3 Å². The van der Waals surface area contributed by atoms with E-state index in [9.17, 15) is 4.79 Å². The van der Waals surface area contributed by atoms with Crippen LogP contribution in [0.1, 0.15) is 25.8 Å². The van der Waals surface area contributed by atoms with Crippen molar-refractivity contribution in [1.82, 2.24) is 4.90 Å². The molecule has 0 radical (unpaired) electrons. The Bertz CT molecular complexity index is 507. The van der Waals surface area contributed by atoms with Crippen LogP contribution in [-0.4, -0.2) is 49.6 Å². The van der Waals surface area contributed by atoms with E-state index in [-0.39, 0.29) is 11.9 Å². The summed E-state index contributed by atoms with van der Waals surface area (Å²) in [6.07, 6.45) is 5.43. The zero-order valence-electron chi connectivity index (χ0n) is 14.5. The molecule has 2 atom stereocenters. The molecule has 2 rings (SSSR count). The normalized spacial score (nSPS) is 19.0. The molecule has 1 saturated heterocycles. The van der Waals surface area contributed by atoms with E-state index in [0.29, 0.717) is 5.92 Å². The highest BCUT2D eigenvalue weighted by Gasteiger charge is 2.31. The van der Waals surface area contributed by atoms with Crippen LogP contribution in [0, 0.1) is 5.92 Å². The summed E-state index contributed by atoms with van der Waals surface area (Å²) in [5.74, 6) is 0.597. The molecule has 1 heterocycles. The van der Waals surface area contributed by atoms with Gasteiger partial charge in [-0.05, 0) is 18.1 Å². The summed E-state index contributed by atoms with van der Waals surface area (Å²) in [6.45, 7) is 9.03. The minimum Gasteiger partial charge on any atom is -0.347 e. The zero-order valence-corrected chi connectivity index (χ0v) is 14.5. The predicted molar refractivity (Wildman–Crippen MR) is 93.8 cm³/mol. The fraction of sp³-hybridized carbons (Fsp3) is 0.526. The summed E-state index contributed by atoms with van der Waals surface area (Å²) in [6, 6.07) is 10.3. The molecule has 23 heavy (non-hydrogen) atoms. The fourth-order valence-corrected chi connectivity index (χ4v) is 2.94. The fourth-order valence-electron chi connectivity index (χ4n) is 2.94. The Morgan fingerprint density at radius 2 is 1.96 bits per heavy atom. The van der Waals surface area contributed by atoms with Gasteiger partial charge in [0.2, 0.25) is 0 Å². The molecule has 1 amide bonds. The second-order valence-corrected chi connectivity index (χ2v) is 6.58. The Balaban J connectivity index is 1.75. The van der Waals surface area contributed by atoms with Gasteiger partial charge in [-0.3, -0.25) is 4.79 Å². The molecule has 1 aliphatic heterocycles. The van der Waals surface area contributed by atoms with Gasteiger partial charge in [-0.25, -0.2) is 0 Å². The summed E-state index contributed by atoms with van der Waals surface area (Å²) < 4.78 is 0. The third kappa shape index (κ3) is 5.19. The number of quaternary nitrogens is 2. The summed E-state index contributed by atoms with van der Waals surface area (Å²) in [5.41, 5.74) is 5.32. The Labute approximate surface area is 140 Å². The number of nitrogens with one attached hydrogen (secondary N) is 1. The largest absolute Gasteiger partial charge is 0.347 e. The van der Waals surface area contributed by atoms with Gasteiger partial charge in [-0.15, -0.1) is 0 Å². The third-order valence-corrected chi connectivity index (χ3v) is 4.95. The van der Waals surface area contributed by atoms with E-state index in [1.165, 1.54) is 5.56 Å². The molecule has 4 heteroatoms. The smallest absolute Gasteiger partial charge is 0.281 e. The van der Waals surface area contributed by atoms with E-state index in [2.05, 4.69) is 56.0 Å². The van der Waals surface area contributed by atoms with Crippen molar-refractivity contribution in [3.05, 3.63) is 42.0 Å². The predicted octanol–water partition coefficient (Wildman–Crippen LogP) is 0.0835. The standard InChI is InChI=1S/C19H29N3O/c1-3-16(2)18(20)19(23)22-14-12-21(13-15-22)11-7-10-17-8-5-4-6-9-17/h4-10,16,18H,3,11-15,20H2,1-2H3/p+2/b10-7+/t16-,18+/m1/s1. The van der Waals surface area contributed by atoms with Gasteiger partial charge in [0, 0.05) is 5.92 Å². The van der Waals surface area contributed by atoms with Crippen LogP contribution in [0.4, 0.5) is 0 Å². The molecule has 126 valence electrons. The number of rotatable bonds is 6. The Morgan fingerprint density at radius 1 is 1.30 bits per heavy atom. The maximum atomic E-state index is 12.4. The van der Waals surface area contributed by atoms with Crippen molar-refractivity contribution in [3.63, 3.8) is 0 Å². The molecule has 4 nitrogen and oxygen atoms in total. The first-order valence-electron chi connectivity index (χ1n) is 8.78. The van der Waals surface area contributed by atoms with Gasteiger partial charge in [0.15, 0.2) is 6.04 Å². The second-order valence-electron chi connectivity index (χ2n) is 6.58. The number of hydrogen-bond donors (Lipinski definition) is 2. The van der Waals surface area contributed by atoms with Crippen LogP contribution in [0.2, 0.25) is 0 Å². The molecule has 0 aromatic heterocycles. The lowest BCUT2D eigenvalue weighted by molar-refractivity contribution is -0.898. The van der Waals surface area contributed by atoms with Crippen molar-refractivity contribution in [3.8, 4) is 0 Å². The highest BCUT2D eigenvalue weighted by atomic mass is 16.2. The minimum atomic E-state index is -0.0977. The van der Waals surface area contributed by atoms with Gasteiger partial charge < -0.3 is 15.5 Å². The lowest BCUT2D eigenvalue weighted by Gasteiger charge is -2.33. The first kappa shape index (κ1) is 17.7. The second kappa shape index (κ2) is 8.85. The highest BCUT2D eigenvalue weighted by Crippen LogP contribution is 2.07. The summed E-state index contributed by atoms with van der Waals surface area (Å²) in [4.78, 5) is 16.0. The van der Waals surface area contributed by atoms with Crippen molar-refractivity contribution in [2.75, 3.05) is 32.7 Å². The first-order valence-corrected chi connectivity index (χ1v) is 8.78. The molecule has 0 aliphatic carbocycles. The van der Waals surface area contributed by atoms with Gasteiger partial charge in [-0.2, -0.15) is 0 Å². The minimum absolute atomic E-state index is 0.0977. The van der Waals surface area contributed by atoms with Crippen molar-refractivity contribution in [2.24, 2.45) is 5.92 Å². The lowest BCUT2D eigenvalue weighted by atomic mass is 9.98. The number of amides is 1. The van der Waals surface area contributed by atoms with Crippen LogP contribution in [0.5, 0.6) is 0 Å². The van der Waals surface area contributed by atoms with Gasteiger partial charge >= 0.3 is 0 Å². The lowest BCUT2D eigenvalue weighted by Crippen LogP contribution is -3.14. The van der Waals surface area contributed by atoms with Gasteiger partial charge in [0.05, 0.1) is 32.7 Å². The highest BCUT2D eigenvalue weighted by molar-refractivity contribution is 5.80. The van der Waals surface area contributed by atoms with E-state index < -0.39 is 0 Å². The quantitative estimate of drug-likeness (QED) is 0.767. The van der Waals surface area contributed by atoms with Crippen LogP contribution < -0.4 is 10.6 Å². The van der Waals surface area contributed by atoms with Gasteiger partial charge in [-0.1, -0.05) is 50.3 Å². The number of nitrogens with zero attached hydrogens (tertiary/aromatic N) is 1. The van der Waals surface area contributed by atoms with E-state index >= 15 is 0 Å². The van der Waals surface area contributed by atoms with E-state index in [1.807, 2.05) is 11.0 Å². The molecule has 0 unspecified atom stereocenters. The van der Waals surface area contributed by atoms with Crippen LogP contribution >= 0.6 is 0 Å². The molecule has 1 aromatic rings. The van der Waals surface area contributed by atoms with Gasteiger partial charge in [0.25, 0.3) is 5.91 Å². The van der Waals surface area contributed by atoms with E-state index in [0.717, 1.165) is 39.1 Å². The molecule has 1 aliphatic rings. The van der Waals surface area contributed by atoms with E-state index in [4.69, 9.17) is 0 Å². The molecule has 0 bridgehead atoms. The summed E-state index contributed by atoms with van der Waals surface area (Å²) in [7, 11) is 0. The summed E-state index contributed by atoms with van der Waals surface area (Å²) in [5, 5.41) is 0. The summed E-state index contributed by atoms with van der Waals surface area (Å²) >= 11 is 0. The topological polar surface area (TPSA) is 52.4 Å². The van der Waals surface area contributed by atoms with Crippen LogP contribution in [0.25, 0.3) is 6.08 Å². The Kier molecular flexibility index (Phi) is 6.81. The number of hydrogen-bond acceptors (Lipinski definition) is 1. The SMILES string of the molecule is CC[C@@H](C)[C@H]([NH3+])C(=O)N1CC[NH+](C/C=C/c2ccccc2)CC1. The van der Waals surface area contributed by atoms with Crippen molar-refractivity contribution in [1.29, 1.82) is 0 Å². The number of carbonyl (C=O) groups excluding carboxylic acids is 1. The molecule has 4 N–H and O–H groups in total. The van der Waals surface area contributed by atoms with Crippen LogP contribution in [0.15, 0.2) is 36.4 Å². The molecule has 1 fully saturated rings. The molecular weight excluding hydrogens is 286 g/mol. The van der Waals surface area contributed by atoms with Crippen molar-refractivity contribution >= 4 is 12.0 Å². The monoisotopic (exact) mass is 317 g/mol. The third-order valence-electron chi connectivity index (χ3n) is 4.95. The maximum Gasteiger partial charge on any atom is 0.281 e. The zero-order chi connectivity index (χ0) is 16.7. The average Bonchev–Trinajstić information content (AvgIpc) is 2.61. The molecule has 0 spiro atoms.